The number of hydrazine groups is 1. The number of nitrogens with zero attached hydrogens (tertiary/aromatic N) is 1. The van der Waals surface area contributed by atoms with E-state index in [4.69, 9.17) is 0 Å². The van der Waals surface area contributed by atoms with Gasteiger partial charge < -0.3 is 4.90 Å². The maximum atomic E-state index is 12.9. The molecule has 4 nitrogen and oxygen atoms in total. The van der Waals surface area contributed by atoms with Gasteiger partial charge in [-0.05, 0) is 49.3 Å². The lowest BCUT2D eigenvalue weighted by atomic mass is 9.90. The van der Waals surface area contributed by atoms with Gasteiger partial charge in [-0.1, -0.05) is 12.1 Å². The summed E-state index contributed by atoms with van der Waals surface area (Å²) in [7, 11) is 0. The summed E-state index contributed by atoms with van der Waals surface area (Å²) in [5.74, 6) is 0.631. The van der Waals surface area contributed by atoms with Crippen molar-refractivity contribution in [3.8, 4) is 0 Å². The Balaban J connectivity index is 1.48. The van der Waals surface area contributed by atoms with Crippen molar-refractivity contribution in [1.29, 1.82) is 0 Å². The number of nitrogens with one attached hydrogen (secondary N) is 2. The Bertz CT molecular complexity index is 477. The lowest BCUT2D eigenvalue weighted by Gasteiger charge is -2.33. The Morgan fingerprint density at radius 2 is 1.90 bits per heavy atom. The van der Waals surface area contributed by atoms with Crippen LogP contribution >= 0.6 is 0 Å². The Labute approximate surface area is 124 Å². The van der Waals surface area contributed by atoms with Crippen LogP contribution in [-0.2, 0) is 11.2 Å². The van der Waals surface area contributed by atoms with Crippen molar-refractivity contribution in [1.82, 2.24) is 15.8 Å². The number of rotatable bonds is 3. The Kier molecular flexibility index (Phi) is 4.51. The molecule has 1 amide bonds. The highest BCUT2D eigenvalue weighted by molar-refractivity contribution is 5.82. The molecule has 2 heterocycles. The third kappa shape index (κ3) is 3.60. The number of halogens is 1. The van der Waals surface area contributed by atoms with E-state index in [2.05, 4.69) is 10.9 Å². The fourth-order valence-corrected chi connectivity index (χ4v) is 3.20. The summed E-state index contributed by atoms with van der Waals surface area (Å²) in [5, 5.41) is 0. The largest absolute Gasteiger partial charge is 0.341 e. The summed E-state index contributed by atoms with van der Waals surface area (Å²) in [6, 6.07) is 6.71. The molecule has 0 spiro atoms. The molecule has 1 atom stereocenters. The molecule has 21 heavy (non-hydrogen) atoms. The van der Waals surface area contributed by atoms with Crippen LogP contribution in [0.5, 0.6) is 0 Å². The van der Waals surface area contributed by atoms with Gasteiger partial charge in [-0.3, -0.25) is 10.2 Å². The van der Waals surface area contributed by atoms with E-state index < -0.39 is 0 Å². The van der Waals surface area contributed by atoms with E-state index in [0.29, 0.717) is 5.92 Å². The number of amides is 1. The van der Waals surface area contributed by atoms with Gasteiger partial charge in [0.25, 0.3) is 0 Å². The summed E-state index contributed by atoms with van der Waals surface area (Å²) < 4.78 is 12.9. The van der Waals surface area contributed by atoms with Crippen LogP contribution in [0.3, 0.4) is 0 Å². The minimum absolute atomic E-state index is 0.0568. The Morgan fingerprint density at radius 1 is 1.19 bits per heavy atom. The monoisotopic (exact) mass is 291 g/mol. The summed E-state index contributed by atoms with van der Waals surface area (Å²) >= 11 is 0. The maximum Gasteiger partial charge on any atom is 0.241 e. The predicted molar refractivity (Wildman–Crippen MR) is 79.0 cm³/mol. The van der Waals surface area contributed by atoms with Gasteiger partial charge in [-0.25, -0.2) is 9.82 Å². The van der Waals surface area contributed by atoms with Crippen molar-refractivity contribution < 1.29 is 9.18 Å². The molecule has 0 aromatic heterocycles. The van der Waals surface area contributed by atoms with Crippen molar-refractivity contribution >= 4 is 5.91 Å². The number of piperidine rings is 1. The van der Waals surface area contributed by atoms with Crippen LogP contribution in [0.2, 0.25) is 0 Å². The fourth-order valence-electron chi connectivity index (χ4n) is 3.20. The zero-order valence-electron chi connectivity index (χ0n) is 12.1. The highest BCUT2D eigenvalue weighted by Crippen LogP contribution is 2.22. The first-order chi connectivity index (χ1) is 10.2. The highest BCUT2D eigenvalue weighted by Gasteiger charge is 2.29. The van der Waals surface area contributed by atoms with E-state index in [1.807, 2.05) is 17.0 Å². The van der Waals surface area contributed by atoms with E-state index in [9.17, 15) is 9.18 Å². The normalized spacial score (nSPS) is 23.5. The molecule has 0 saturated carbocycles. The van der Waals surface area contributed by atoms with Gasteiger partial charge in [-0.2, -0.15) is 0 Å². The van der Waals surface area contributed by atoms with Gasteiger partial charge in [0.1, 0.15) is 11.9 Å². The van der Waals surface area contributed by atoms with Crippen LogP contribution in [0.25, 0.3) is 0 Å². The lowest BCUT2D eigenvalue weighted by Crippen LogP contribution is -2.48. The Morgan fingerprint density at radius 3 is 2.52 bits per heavy atom. The number of carbonyl (C=O) groups is 1. The minimum atomic E-state index is -0.183. The van der Waals surface area contributed by atoms with Gasteiger partial charge in [-0.15, -0.1) is 0 Å². The fraction of sp³-hybridized carbons (Fsp3) is 0.562. The first kappa shape index (κ1) is 14.5. The number of likely N-dealkylation sites (tertiary alicyclic amines) is 1. The van der Waals surface area contributed by atoms with E-state index >= 15 is 0 Å². The van der Waals surface area contributed by atoms with Gasteiger partial charge in [0.05, 0.1) is 0 Å². The van der Waals surface area contributed by atoms with Crippen molar-refractivity contribution in [3.63, 3.8) is 0 Å². The number of carbonyl (C=O) groups excluding carboxylic acids is 1. The van der Waals surface area contributed by atoms with Crippen LogP contribution in [0.15, 0.2) is 24.3 Å². The molecule has 2 saturated heterocycles. The second-order valence-corrected chi connectivity index (χ2v) is 6.01. The molecule has 114 valence electrons. The highest BCUT2D eigenvalue weighted by atomic mass is 19.1. The predicted octanol–water partition coefficient (Wildman–Crippen LogP) is 1.47. The zero-order chi connectivity index (χ0) is 14.7. The molecule has 2 fully saturated rings. The van der Waals surface area contributed by atoms with Crippen LogP contribution in [0.1, 0.15) is 24.8 Å². The molecule has 2 N–H and O–H groups in total. The third-order valence-electron chi connectivity index (χ3n) is 4.50. The molecule has 1 aromatic rings. The molecular weight excluding hydrogens is 269 g/mol. The smallest absolute Gasteiger partial charge is 0.241 e. The molecule has 1 aromatic carbocycles. The second kappa shape index (κ2) is 6.54. The van der Waals surface area contributed by atoms with Crippen molar-refractivity contribution in [2.45, 2.75) is 31.7 Å². The first-order valence-electron chi connectivity index (χ1n) is 7.74. The van der Waals surface area contributed by atoms with Crippen molar-refractivity contribution in [2.24, 2.45) is 5.92 Å². The van der Waals surface area contributed by atoms with Gasteiger partial charge >= 0.3 is 0 Å². The molecular formula is C16H22FN3O. The number of hydrogen-bond donors (Lipinski definition) is 2. The topological polar surface area (TPSA) is 44.4 Å². The van der Waals surface area contributed by atoms with E-state index in [1.165, 1.54) is 17.7 Å². The second-order valence-electron chi connectivity index (χ2n) is 6.01. The molecule has 1 unspecified atom stereocenters. The van der Waals surface area contributed by atoms with E-state index in [0.717, 1.165) is 45.3 Å². The average Bonchev–Trinajstić information content (AvgIpc) is 3.04. The van der Waals surface area contributed by atoms with Gasteiger partial charge in [0.2, 0.25) is 5.91 Å². The summed E-state index contributed by atoms with van der Waals surface area (Å²) in [5.41, 5.74) is 7.23. The maximum absolute atomic E-state index is 12.9. The molecule has 0 radical (unpaired) electrons. The molecule has 5 heteroatoms. The van der Waals surface area contributed by atoms with Crippen molar-refractivity contribution in [3.05, 3.63) is 35.6 Å². The average molecular weight is 291 g/mol. The molecule has 0 aliphatic carbocycles. The van der Waals surface area contributed by atoms with E-state index in [-0.39, 0.29) is 17.8 Å². The molecule has 2 aliphatic heterocycles. The minimum Gasteiger partial charge on any atom is -0.341 e. The summed E-state index contributed by atoms with van der Waals surface area (Å²) in [4.78, 5) is 14.3. The quantitative estimate of drug-likeness (QED) is 0.886. The molecule has 3 rings (SSSR count). The van der Waals surface area contributed by atoms with Gasteiger partial charge in [0, 0.05) is 19.6 Å². The zero-order valence-corrected chi connectivity index (χ0v) is 12.1. The summed E-state index contributed by atoms with van der Waals surface area (Å²) in [6.07, 6.45) is 3.91. The number of benzene rings is 1. The SMILES string of the molecule is O=C(C1CCNN1)N1CCC(Cc2ccc(F)cc2)CC1. The van der Waals surface area contributed by atoms with Crippen LogP contribution < -0.4 is 10.9 Å². The standard InChI is InChI=1S/C16H22FN3O/c17-14-3-1-12(2-4-14)11-13-6-9-20(10-7-13)16(21)15-5-8-18-19-15/h1-4,13,15,18-19H,5-11H2. The van der Waals surface area contributed by atoms with Crippen LogP contribution in [0.4, 0.5) is 4.39 Å². The molecule has 2 aliphatic rings. The third-order valence-corrected chi connectivity index (χ3v) is 4.50. The van der Waals surface area contributed by atoms with Crippen LogP contribution in [0, 0.1) is 11.7 Å². The van der Waals surface area contributed by atoms with Gasteiger partial charge in [0.15, 0.2) is 0 Å². The number of hydrogen-bond acceptors (Lipinski definition) is 3. The van der Waals surface area contributed by atoms with E-state index in [1.54, 1.807) is 0 Å². The molecule has 0 bridgehead atoms. The Hall–Kier alpha value is -1.46. The summed E-state index contributed by atoms with van der Waals surface area (Å²) in [6.45, 7) is 2.53. The van der Waals surface area contributed by atoms with Crippen LogP contribution in [-0.4, -0.2) is 36.5 Å². The first-order valence-corrected chi connectivity index (χ1v) is 7.74. The lowest BCUT2D eigenvalue weighted by molar-refractivity contribution is -0.134. The van der Waals surface area contributed by atoms with Crippen molar-refractivity contribution in [2.75, 3.05) is 19.6 Å².